The van der Waals surface area contributed by atoms with Gasteiger partial charge >= 0.3 is 0 Å². The fourth-order valence-electron chi connectivity index (χ4n) is 2.85. The zero-order valence-electron chi connectivity index (χ0n) is 11.7. The van der Waals surface area contributed by atoms with E-state index in [0.717, 1.165) is 17.9 Å². The predicted molar refractivity (Wildman–Crippen MR) is 75.1 cm³/mol. The second-order valence-corrected chi connectivity index (χ2v) is 6.12. The Morgan fingerprint density at radius 1 is 1.18 bits per heavy atom. The number of hydrogen-bond donors (Lipinski definition) is 1. The second-order valence-electron chi connectivity index (χ2n) is 6.12. The molecular formula is C16H29N. The standard InChI is InChI=1S/C16H29N/c1-3-13(2)11-15(12-17-16-9-10-16)14-7-5-4-6-8-14/h11,13-14,16-17H,3-10,12H2,1-2H3. The van der Waals surface area contributed by atoms with Crippen LogP contribution in [-0.2, 0) is 0 Å². The minimum Gasteiger partial charge on any atom is -0.310 e. The molecule has 1 N–H and O–H groups in total. The molecule has 0 bridgehead atoms. The molecule has 0 aromatic heterocycles. The Hall–Kier alpha value is -0.300. The summed E-state index contributed by atoms with van der Waals surface area (Å²) in [6.07, 6.45) is 13.9. The molecule has 0 aromatic rings. The summed E-state index contributed by atoms with van der Waals surface area (Å²) in [6.45, 7) is 5.83. The van der Waals surface area contributed by atoms with Crippen molar-refractivity contribution in [3.05, 3.63) is 11.6 Å². The number of rotatable bonds is 6. The van der Waals surface area contributed by atoms with Crippen LogP contribution in [0.25, 0.3) is 0 Å². The van der Waals surface area contributed by atoms with E-state index in [1.54, 1.807) is 5.57 Å². The molecule has 2 saturated carbocycles. The zero-order chi connectivity index (χ0) is 12.1. The van der Waals surface area contributed by atoms with Crippen LogP contribution in [0.4, 0.5) is 0 Å². The van der Waals surface area contributed by atoms with Gasteiger partial charge < -0.3 is 5.32 Å². The fraction of sp³-hybridized carbons (Fsp3) is 0.875. The van der Waals surface area contributed by atoms with Crippen molar-refractivity contribution < 1.29 is 0 Å². The van der Waals surface area contributed by atoms with Crippen molar-refractivity contribution in [3.8, 4) is 0 Å². The van der Waals surface area contributed by atoms with Crippen molar-refractivity contribution >= 4 is 0 Å². The summed E-state index contributed by atoms with van der Waals surface area (Å²) in [7, 11) is 0. The minimum atomic E-state index is 0.757. The van der Waals surface area contributed by atoms with Crippen LogP contribution >= 0.6 is 0 Å². The van der Waals surface area contributed by atoms with Crippen LogP contribution < -0.4 is 5.32 Å². The summed E-state index contributed by atoms with van der Waals surface area (Å²) in [6, 6.07) is 0.846. The van der Waals surface area contributed by atoms with Crippen molar-refractivity contribution in [1.29, 1.82) is 0 Å². The van der Waals surface area contributed by atoms with Crippen LogP contribution in [0.5, 0.6) is 0 Å². The molecule has 2 aliphatic carbocycles. The van der Waals surface area contributed by atoms with E-state index in [2.05, 4.69) is 25.2 Å². The van der Waals surface area contributed by atoms with Gasteiger partial charge in [-0.15, -0.1) is 0 Å². The molecule has 1 atom stereocenters. The van der Waals surface area contributed by atoms with E-state index in [-0.39, 0.29) is 0 Å². The highest BCUT2D eigenvalue weighted by Gasteiger charge is 2.23. The normalized spacial score (nSPS) is 24.9. The maximum Gasteiger partial charge on any atom is 0.0170 e. The van der Waals surface area contributed by atoms with Gasteiger partial charge in [0.25, 0.3) is 0 Å². The number of hydrogen-bond acceptors (Lipinski definition) is 1. The quantitative estimate of drug-likeness (QED) is 0.677. The SMILES string of the molecule is CCC(C)C=C(CNC1CC1)C1CCCCC1. The van der Waals surface area contributed by atoms with Crippen LogP contribution in [-0.4, -0.2) is 12.6 Å². The molecule has 0 aliphatic heterocycles. The van der Waals surface area contributed by atoms with Gasteiger partial charge in [0.2, 0.25) is 0 Å². The number of nitrogens with one attached hydrogen (secondary N) is 1. The van der Waals surface area contributed by atoms with E-state index in [0.29, 0.717) is 0 Å². The van der Waals surface area contributed by atoms with Gasteiger partial charge in [-0.3, -0.25) is 0 Å². The van der Waals surface area contributed by atoms with Gasteiger partial charge in [-0.05, 0) is 37.5 Å². The minimum absolute atomic E-state index is 0.757. The molecule has 0 aromatic carbocycles. The van der Waals surface area contributed by atoms with Gasteiger partial charge in [0.05, 0.1) is 0 Å². The summed E-state index contributed by atoms with van der Waals surface area (Å²) in [5.41, 5.74) is 1.73. The maximum absolute atomic E-state index is 3.72. The monoisotopic (exact) mass is 235 g/mol. The Bertz CT molecular complexity index is 246. The lowest BCUT2D eigenvalue weighted by molar-refractivity contribution is 0.391. The lowest BCUT2D eigenvalue weighted by Crippen LogP contribution is -2.24. The maximum atomic E-state index is 3.72. The highest BCUT2D eigenvalue weighted by atomic mass is 14.9. The summed E-state index contributed by atoms with van der Waals surface area (Å²) >= 11 is 0. The van der Waals surface area contributed by atoms with Crippen LogP contribution in [0, 0.1) is 11.8 Å². The average molecular weight is 235 g/mol. The van der Waals surface area contributed by atoms with E-state index in [1.807, 2.05) is 0 Å². The van der Waals surface area contributed by atoms with Gasteiger partial charge in [0, 0.05) is 12.6 Å². The van der Waals surface area contributed by atoms with Crippen molar-refractivity contribution in [2.75, 3.05) is 6.54 Å². The summed E-state index contributed by atoms with van der Waals surface area (Å²) in [5, 5.41) is 3.72. The van der Waals surface area contributed by atoms with Crippen LogP contribution in [0.2, 0.25) is 0 Å². The third-order valence-corrected chi connectivity index (χ3v) is 4.44. The first-order valence-electron chi connectivity index (χ1n) is 7.73. The first-order chi connectivity index (χ1) is 8.29. The molecule has 0 spiro atoms. The van der Waals surface area contributed by atoms with Gasteiger partial charge in [0.1, 0.15) is 0 Å². The smallest absolute Gasteiger partial charge is 0.0170 e. The largest absolute Gasteiger partial charge is 0.310 e. The molecule has 1 unspecified atom stereocenters. The van der Waals surface area contributed by atoms with Gasteiger partial charge in [-0.2, -0.15) is 0 Å². The van der Waals surface area contributed by atoms with Crippen molar-refractivity contribution in [3.63, 3.8) is 0 Å². The first kappa shape index (κ1) is 13.1. The fourth-order valence-corrected chi connectivity index (χ4v) is 2.85. The molecule has 0 saturated heterocycles. The average Bonchev–Trinajstić information content (AvgIpc) is 3.19. The molecule has 2 rings (SSSR count). The molecule has 1 nitrogen and oxygen atoms in total. The summed E-state index contributed by atoms with van der Waals surface area (Å²) in [4.78, 5) is 0. The van der Waals surface area contributed by atoms with E-state index >= 15 is 0 Å². The van der Waals surface area contributed by atoms with Gasteiger partial charge in [-0.25, -0.2) is 0 Å². The van der Waals surface area contributed by atoms with Crippen molar-refractivity contribution in [2.45, 2.75) is 71.3 Å². The Morgan fingerprint density at radius 3 is 2.47 bits per heavy atom. The van der Waals surface area contributed by atoms with E-state index < -0.39 is 0 Å². The molecular weight excluding hydrogens is 206 g/mol. The highest BCUT2D eigenvalue weighted by molar-refractivity contribution is 5.12. The van der Waals surface area contributed by atoms with Crippen molar-refractivity contribution in [2.24, 2.45) is 11.8 Å². The summed E-state index contributed by atoms with van der Waals surface area (Å²) in [5.74, 6) is 1.65. The van der Waals surface area contributed by atoms with E-state index in [9.17, 15) is 0 Å². The molecule has 0 amide bonds. The highest BCUT2D eigenvalue weighted by Crippen LogP contribution is 2.31. The topological polar surface area (TPSA) is 12.0 Å². The Balaban J connectivity index is 1.91. The Kier molecular flexibility index (Phi) is 5.09. The third kappa shape index (κ3) is 4.46. The molecule has 2 fully saturated rings. The molecule has 1 heteroatoms. The van der Waals surface area contributed by atoms with E-state index in [4.69, 9.17) is 0 Å². The second kappa shape index (κ2) is 6.58. The van der Waals surface area contributed by atoms with Crippen molar-refractivity contribution in [1.82, 2.24) is 5.32 Å². The molecule has 17 heavy (non-hydrogen) atoms. The third-order valence-electron chi connectivity index (χ3n) is 4.44. The Morgan fingerprint density at radius 2 is 1.88 bits per heavy atom. The van der Waals surface area contributed by atoms with Gasteiger partial charge in [0.15, 0.2) is 0 Å². The van der Waals surface area contributed by atoms with Gasteiger partial charge in [-0.1, -0.05) is 51.2 Å². The lowest BCUT2D eigenvalue weighted by atomic mass is 9.82. The molecule has 2 aliphatic rings. The molecule has 0 heterocycles. The Labute approximate surface area is 107 Å². The van der Waals surface area contributed by atoms with Crippen LogP contribution in [0.15, 0.2) is 11.6 Å². The van der Waals surface area contributed by atoms with Crippen LogP contribution in [0.1, 0.15) is 65.2 Å². The molecule has 98 valence electrons. The van der Waals surface area contributed by atoms with Crippen LogP contribution in [0.3, 0.4) is 0 Å². The first-order valence-corrected chi connectivity index (χ1v) is 7.73. The number of allylic oxidation sites excluding steroid dienone is 1. The predicted octanol–water partition coefficient (Wildman–Crippen LogP) is 4.29. The zero-order valence-corrected chi connectivity index (χ0v) is 11.7. The van der Waals surface area contributed by atoms with E-state index in [1.165, 1.54) is 57.9 Å². The summed E-state index contributed by atoms with van der Waals surface area (Å²) < 4.78 is 0. The molecule has 0 radical (unpaired) electrons. The lowest BCUT2D eigenvalue weighted by Gasteiger charge is -2.26.